The molecule has 2 amide bonds. The molecule has 0 aliphatic carbocycles. The lowest BCUT2D eigenvalue weighted by molar-refractivity contribution is -0.0239. The van der Waals surface area contributed by atoms with E-state index in [9.17, 15) is 4.79 Å². The zero-order valence-electron chi connectivity index (χ0n) is 10.6. The van der Waals surface area contributed by atoms with Gasteiger partial charge in [-0.05, 0) is 13.8 Å². The van der Waals surface area contributed by atoms with Crippen molar-refractivity contribution >= 4 is 11.9 Å². The van der Waals surface area contributed by atoms with Gasteiger partial charge in [-0.3, -0.25) is 5.41 Å². The summed E-state index contributed by atoms with van der Waals surface area (Å²) in [6.45, 7) is 6.08. The third kappa shape index (κ3) is 3.09. The minimum absolute atomic E-state index is 0.0545. The molecule has 1 aliphatic rings. The van der Waals surface area contributed by atoms with E-state index in [0.717, 1.165) is 0 Å². The summed E-state index contributed by atoms with van der Waals surface area (Å²) in [6, 6.07) is -0.0545. The standard InChI is InChI=1S/C11H22N4O2/c1-3-14-10(16)15-7-5-11(6-8-15,9(12)13)17-4-2/h3-8H2,1-2H3,(H3,12,13)(H,14,16). The summed E-state index contributed by atoms with van der Waals surface area (Å²) in [6.07, 6.45) is 1.18. The summed E-state index contributed by atoms with van der Waals surface area (Å²) in [4.78, 5) is 13.4. The molecule has 98 valence electrons. The summed E-state index contributed by atoms with van der Waals surface area (Å²) >= 11 is 0. The fourth-order valence-electron chi connectivity index (χ4n) is 2.10. The van der Waals surface area contributed by atoms with Crippen LogP contribution in [0.2, 0.25) is 0 Å². The fraction of sp³-hybridized carbons (Fsp3) is 0.818. The molecule has 4 N–H and O–H groups in total. The summed E-state index contributed by atoms with van der Waals surface area (Å²) in [7, 11) is 0. The number of nitrogens with two attached hydrogens (primary N) is 1. The minimum Gasteiger partial charge on any atom is -0.385 e. The van der Waals surface area contributed by atoms with Gasteiger partial charge in [0.2, 0.25) is 0 Å². The molecule has 0 aromatic rings. The number of amidine groups is 1. The predicted octanol–water partition coefficient (Wildman–Crippen LogP) is 0.523. The van der Waals surface area contributed by atoms with Crippen LogP contribution in [0.3, 0.4) is 0 Å². The lowest BCUT2D eigenvalue weighted by atomic mass is 9.90. The Balaban J connectivity index is 2.58. The summed E-state index contributed by atoms with van der Waals surface area (Å²) in [5, 5.41) is 10.4. The lowest BCUT2D eigenvalue weighted by Crippen LogP contribution is -2.56. The van der Waals surface area contributed by atoms with Gasteiger partial charge in [0, 0.05) is 39.1 Å². The largest absolute Gasteiger partial charge is 0.385 e. The Kier molecular flexibility index (Phi) is 4.74. The van der Waals surface area contributed by atoms with E-state index in [1.807, 2.05) is 13.8 Å². The van der Waals surface area contributed by atoms with Crippen molar-refractivity contribution in [2.75, 3.05) is 26.2 Å². The number of piperidine rings is 1. The molecule has 1 aliphatic heterocycles. The predicted molar refractivity (Wildman–Crippen MR) is 66.2 cm³/mol. The van der Waals surface area contributed by atoms with E-state index in [-0.39, 0.29) is 11.9 Å². The Morgan fingerprint density at radius 1 is 1.47 bits per heavy atom. The van der Waals surface area contributed by atoms with Crippen LogP contribution in [0.4, 0.5) is 4.79 Å². The average Bonchev–Trinajstić information content (AvgIpc) is 2.30. The third-order valence-electron chi connectivity index (χ3n) is 3.10. The van der Waals surface area contributed by atoms with E-state index < -0.39 is 5.60 Å². The van der Waals surface area contributed by atoms with Crippen LogP contribution in [0.5, 0.6) is 0 Å². The first-order valence-corrected chi connectivity index (χ1v) is 6.07. The number of urea groups is 1. The molecule has 6 nitrogen and oxygen atoms in total. The monoisotopic (exact) mass is 242 g/mol. The zero-order chi connectivity index (χ0) is 12.9. The third-order valence-corrected chi connectivity index (χ3v) is 3.10. The van der Waals surface area contributed by atoms with E-state index >= 15 is 0 Å². The first-order valence-electron chi connectivity index (χ1n) is 6.07. The van der Waals surface area contributed by atoms with E-state index in [4.69, 9.17) is 15.9 Å². The van der Waals surface area contributed by atoms with Crippen LogP contribution in [0, 0.1) is 5.41 Å². The maximum atomic E-state index is 11.6. The van der Waals surface area contributed by atoms with Gasteiger partial charge in [0.05, 0.1) is 0 Å². The van der Waals surface area contributed by atoms with E-state index in [0.29, 0.717) is 39.1 Å². The number of nitrogens with zero attached hydrogens (tertiary/aromatic N) is 1. The zero-order valence-corrected chi connectivity index (χ0v) is 10.6. The molecule has 0 aromatic heterocycles. The van der Waals surface area contributed by atoms with Crippen molar-refractivity contribution in [1.82, 2.24) is 10.2 Å². The van der Waals surface area contributed by atoms with E-state index in [1.165, 1.54) is 0 Å². The molecule has 0 saturated carbocycles. The maximum absolute atomic E-state index is 11.6. The second kappa shape index (κ2) is 5.86. The molecule has 0 bridgehead atoms. The molecular weight excluding hydrogens is 220 g/mol. The molecular formula is C11H22N4O2. The number of carbonyl (C=O) groups is 1. The van der Waals surface area contributed by atoms with Crippen LogP contribution in [0.15, 0.2) is 0 Å². The van der Waals surface area contributed by atoms with E-state index in [1.54, 1.807) is 4.90 Å². The van der Waals surface area contributed by atoms with Crippen molar-refractivity contribution in [2.45, 2.75) is 32.3 Å². The number of amides is 2. The number of carbonyl (C=O) groups excluding carboxylic acids is 1. The Hall–Kier alpha value is -1.30. The Bertz CT molecular complexity index is 285. The van der Waals surface area contributed by atoms with Crippen LogP contribution in [-0.4, -0.2) is 48.6 Å². The molecule has 17 heavy (non-hydrogen) atoms. The number of likely N-dealkylation sites (tertiary alicyclic amines) is 1. The molecule has 6 heteroatoms. The second-order valence-electron chi connectivity index (χ2n) is 4.16. The number of hydrogen-bond donors (Lipinski definition) is 3. The first kappa shape index (κ1) is 13.8. The Labute approximate surface area is 102 Å². The quantitative estimate of drug-likeness (QED) is 0.496. The van der Waals surface area contributed by atoms with Gasteiger partial charge in [-0.2, -0.15) is 0 Å². The number of rotatable bonds is 4. The van der Waals surface area contributed by atoms with Crippen LogP contribution < -0.4 is 11.1 Å². The van der Waals surface area contributed by atoms with Crippen LogP contribution >= 0.6 is 0 Å². The van der Waals surface area contributed by atoms with Crippen molar-refractivity contribution < 1.29 is 9.53 Å². The molecule has 0 atom stereocenters. The molecule has 1 rings (SSSR count). The highest BCUT2D eigenvalue weighted by molar-refractivity contribution is 5.86. The Morgan fingerprint density at radius 3 is 2.47 bits per heavy atom. The van der Waals surface area contributed by atoms with Crippen LogP contribution in [0.1, 0.15) is 26.7 Å². The van der Waals surface area contributed by atoms with Gasteiger partial charge < -0.3 is 20.7 Å². The molecule has 0 radical (unpaired) electrons. The normalized spacial score (nSPS) is 18.8. The smallest absolute Gasteiger partial charge is 0.317 e. The topological polar surface area (TPSA) is 91.4 Å². The SMILES string of the molecule is CCNC(=O)N1CCC(OCC)(C(=N)N)CC1. The highest BCUT2D eigenvalue weighted by Gasteiger charge is 2.39. The highest BCUT2D eigenvalue weighted by atomic mass is 16.5. The minimum atomic E-state index is -0.669. The molecule has 1 saturated heterocycles. The number of nitrogens with one attached hydrogen (secondary N) is 2. The van der Waals surface area contributed by atoms with Crippen LogP contribution in [0.25, 0.3) is 0 Å². The summed E-state index contributed by atoms with van der Waals surface area (Å²) in [5.41, 5.74) is 4.94. The molecule has 1 fully saturated rings. The van der Waals surface area contributed by atoms with Gasteiger partial charge in [0.15, 0.2) is 0 Å². The van der Waals surface area contributed by atoms with Gasteiger partial charge in [-0.15, -0.1) is 0 Å². The highest BCUT2D eigenvalue weighted by Crippen LogP contribution is 2.26. The first-order chi connectivity index (χ1) is 8.05. The fourth-order valence-corrected chi connectivity index (χ4v) is 2.10. The molecule has 0 aromatic carbocycles. The van der Waals surface area contributed by atoms with Crippen molar-refractivity contribution in [3.63, 3.8) is 0 Å². The second-order valence-corrected chi connectivity index (χ2v) is 4.16. The Morgan fingerprint density at radius 2 is 2.06 bits per heavy atom. The number of hydrogen-bond acceptors (Lipinski definition) is 3. The summed E-state index contributed by atoms with van der Waals surface area (Å²) in [5.74, 6) is 0.0647. The molecule has 0 unspecified atom stereocenters. The van der Waals surface area contributed by atoms with Gasteiger partial charge in [-0.1, -0.05) is 0 Å². The summed E-state index contributed by atoms with van der Waals surface area (Å²) < 4.78 is 5.61. The van der Waals surface area contributed by atoms with Gasteiger partial charge in [0.1, 0.15) is 11.4 Å². The lowest BCUT2D eigenvalue weighted by Gasteiger charge is -2.40. The van der Waals surface area contributed by atoms with Crippen molar-refractivity contribution in [2.24, 2.45) is 5.73 Å². The maximum Gasteiger partial charge on any atom is 0.317 e. The number of ether oxygens (including phenoxy) is 1. The van der Waals surface area contributed by atoms with Gasteiger partial charge in [-0.25, -0.2) is 4.79 Å². The molecule has 1 heterocycles. The van der Waals surface area contributed by atoms with E-state index in [2.05, 4.69) is 5.32 Å². The van der Waals surface area contributed by atoms with Gasteiger partial charge in [0.25, 0.3) is 0 Å². The van der Waals surface area contributed by atoms with Crippen LogP contribution in [-0.2, 0) is 4.74 Å². The van der Waals surface area contributed by atoms with Crippen molar-refractivity contribution in [3.8, 4) is 0 Å². The van der Waals surface area contributed by atoms with Crippen molar-refractivity contribution in [1.29, 1.82) is 5.41 Å². The average molecular weight is 242 g/mol. The van der Waals surface area contributed by atoms with Crippen molar-refractivity contribution in [3.05, 3.63) is 0 Å². The van der Waals surface area contributed by atoms with Gasteiger partial charge >= 0.3 is 6.03 Å². The molecule has 0 spiro atoms.